The second-order valence-corrected chi connectivity index (χ2v) is 10.4. The van der Waals surface area contributed by atoms with Crippen molar-refractivity contribution < 1.29 is 26.7 Å². The van der Waals surface area contributed by atoms with Crippen molar-refractivity contribution in [3.8, 4) is 0 Å². The molecule has 3 aromatic rings. The fraction of sp³-hybridized carbons (Fsp3) is 0.348. The molecule has 33 heavy (non-hydrogen) atoms. The number of sulfonamides is 1. The number of ether oxygens (including phenoxy) is 1. The number of carbonyl (C=O) groups is 1. The largest absolute Gasteiger partial charge is 0.468 e. The number of methoxy groups -OCH3 is 1. The van der Waals surface area contributed by atoms with Crippen LogP contribution in [-0.2, 0) is 26.1 Å². The van der Waals surface area contributed by atoms with Gasteiger partial charge in [0.05, 0.1) is 12.1 Å². The Kier molecular flexibility index (Phi) is 6.48. The van der Waals surface area contributed by atoms with Gasteiger partial charge in [0.15, 0.2) is 0 Å². The first-order chi connectivity index (χ1) is 15.6. The van der Waals surface area contributed by atoms with Gasteiger partial charge in [0, 0.05) is 29.7 Å². The summed E-state index contributed by atoms with van der Waals surface area (Å²) < 4.78 is 61.5. The Morgan fingerprint density at radius 2 is 1.76 bits per heavy atom. The summed E-state index contributed by atoms with van der Waals surface area (Å²) in [4.78, 5) is 11.8. The SMILES string of the molecule is COC(=O)Cn1c(C)c(C2CCN(S(=O)(=O)c3ccc(F)cc3Cl)CC2)c2cc(F)ccc21. The van der Waals surface area contributed by atoms with Crippen LogP contribution in [0.1, 0.15) is 30.0 Å². The van der Waals surface area contributed by atoms with Gasteiger partial charge < -0.3 is 9.30 Å². The Labute approximate surface area is 195 Å². The van der Waals surface area contributed by atoms with E-state index < -0.39 is 21.8 Å². The molecule has 0 saturated carbocycles. The van der Waals surface area contributed by atoms with E-state index in [1.165, 1.54) is 29.6 Å². The normalized spacial score (nSPS) is 15.8. The molecule has 176 valence electrons. The molecule has 0 N–H and O–H groups in total. The minimum absolute atomic E-state index is 0.000750. The van der Waals surface area contributed by atoms with Crippen LogP contribution in [0.2, 0.25) is 5.02 Å². The van der Waals surface area contributed by atoms with Gasteiger partial charge in [0.1, 0.15) is 23.1 Å². The number of rotatable bonds is 5. The van der Waals surface area contributed by atoms with E-state index in [-0.39, 0.29) is 41.3 Å². The molecular formula is C23H23ClF2N2O4S. The van der Waals surface area contributed by atoms with Crippen molar-refractivity contribution in [1.82, 2.24) is 8.87 Å². The van der Waals surface area contributed by atoms with Crippen LogP contribution in [0.25, 0.3) is 10.9 Å². The minimum Gasteiger partial charge on any atom is -0.468 e. The quantitative estimate of drug-likeness (QED) is 0.483. The van der Waals surface area contributed by atoms with Crippen molar-refractivity contribution in [2.75, 3.05) is 20.2 Å². The number of benzene rings is 2. The number of carbonyl (C=O) groups excluding carboxylic acids is 1. The minimum atomic E-state index is -3.88. The van der Waals surface area contributed by atoms with E-state index in [4.69, 9.17) is 16.3 Å². The average molecular weight is 497 g/mol. The number of halogens is 3. The van der Waals surface area contributed by atoms with Crippen LogP contribution in [-0.4, -0.2) is 43.5 Å². The summed E-state index contributed by atoms with van der Waals surface area (Å²) in [5.74, 6) is -1.43. The Morgan fingerprint density at radius 3 is 2.39 bits per heavy atom. The van der Waals surface area contributed by atoms with Gasteiger partial charge in [-0.1, -0.05) is 11.6 Å². The molecule has 1 aromatic heterocycles. The van der Waals surface area contributed by atoms with Crippen LogP contribution in [0, 0.1) is 18.6 Å². The molecule has 6 nitrogen and oxygen atoms in total. The number of esters is 1. The van der Waals surface area contributed by atoms with Crippen molar-refractivity contribution in [3.05, 3.63) is 64.3 Å². The number of hydrogen-bond acceptors (Lipinski definition) is 4. The van der Waals surface area contributed by atoms with Gasteiger partial charge in [-0.05, 0) is 67.6 Å². The van der Waals surface area contributed by atoms with E-state index in [0.29, 0.717) is 18.2 Å². The van der Waals surface area contributed by atoms with E-state index in [9.17, 15) is 22.0 Å². The molecule has 1 aliphatic heterocycles. The third kappa shape index (κ3) is 4.37. The molecule has 0 atom stereocenters. The van der Waals surface area contributed by atoms with Crippen LogP contribution in [0.15, 0.2) is 41.3 Å². The summed E-state index contributed by atoms with van der Waals surface area (Å²) in [7, 11) is -2.57. The second kappa shape index (κ2) is 9.04. The highest BCUT2D eigenvalue weighted by atomic mass is 35.5. The van der Waals surface area contributed by atoms with E-state index >= 15 is 0 Å². The highest BCUT2D eigenvalue weighted by Gasteiger charge is 2.33. The maximum atomic E-state index is 14.1. The maximum absolute atomic E-state index is 14.1. The fourth-order valence-corrected chi connectivity index (χ4v) is 6.58. The van der Waals surface area contributed by atoms with E-state index in [2.05, 4.69) is 0 Å². The topological polar surface area (TPSA) is 68.6 Å². The number of piperidine rings is 1. The lowest BCUT2D eigenvalue weighted by atomic mass is 9.88. The van der Waals surface area contributed by atoms with Gasteiger partial charge in [-0.3, -0.25) is 4.79 Å². The Bertz CT molecular complexity index is 1330. The summed E-state index contributed by atoms with van der Waals surface area (Å²) in [6.07, 6.45) is 1.01. The first kappa shape index (κ1) is 23.7. The Balaban J connectivity index is 1.64. The van der Waals surface area contributed by atoms with Crippen molar-refractivity contribution in [3.63, 3.8) is 0 Å². The fourth-order valence-electron chi connectivity index (χ4n) is 4.60. The second-order valence-electron chi connectivity index (χ2n) is 8.08. The molecule has 0 aliphatic carbocycles. The van der Waals surface area contributed by atoms with Crippen LogP contribution < -0.4 is 0 Å². The highest BCUT2D eigenvalue weighted by Crippen LogP contribution is 2.39. The van der Waals surface area contributed by atoms with Crippen molar-refractivity contribution in [1.29, 1.82) is 0 Å². The lowest BCUT2D eigenvalue weighted by molar-refractivity contribution is -0.141. The lowest BCUT2D eigenvalue weighted by Gasteiger charge is -2.32. The summed E-state index contributed by atoms with van der Waals surface area (Å²) in [6.45, 7) is 2.34. The molecule has 2 aromatic carbocycles. The lowest BCUT2D eigenvalue weighted by Crippen LogP contribution is -2.38. The molecule has 1 fully saturated rings. The van der Waals surface area contributed by atoms with Gasteiger partial charge in [-0.25, -0.2) is 17.2 Å². The molecule has 10 heteroatoms. The van der Waals surface area contributed by atoms with Gasteiger partial charge in [0.2, 0.25) is 10.0 Å². The molecule has 4 rings (SSSR count). The monoisotopic (exact) mass is 496 g/mol. The van der Waals surface area contributed by atoms with E-state index in [1.54, 1.807) is 10.6 Å². The zero-order valence-electron chi connectivity index (χ0n) is 18.1. The average Bonchev–Trinajstić information content (AvgIpc) is 3.03. The predicted molar refractivity (Wildman–Crippen MR) is 121 cm³/mol. The maximum Gasteiger partial charge on any atom is 0.325 e. The van der Waals surface area contributed by atoms with Crippen molar-refractivity contribution in [2.45, 2.75) is 37.1 Å². The predicted octanol–water partition coefficient (Wildman–Crippen LogP) is 4.62. The molecular weight excluding hydrogens is 474 g/mol. The van der Waals surface area contributed by atoms with Crippen LogP contribution in [0.4, 0.5) is 8.78 Å². The Hall–Kier alpha value is -2.49. The van der Waals surface area contributed by atoms with Gasteiger partial charge in [0.25, 0.3) is 0 Å². The molecule has 1 aliphatic rings. The van der Waals surface area contributed by atoms with Gasteiger partial charge in [-0.2, -0.15) is 4.31 Å². The smallest absolute Gasteiger partial charge is 0.325 e. The zero-order valence-corrected chi connectivity index (χ0v) is 19.7. The van der Waals surface area contributed by atoms with E-state index in [1.807, 2.05) is 6.92 Å². The number of hydrogen-bond donors (Lipinski definition) is 0. The molecule has 0 radical (unpaired) electrons. The van der Waals surface area contributed by atoms with E-state index in [0.717, 1.165) is 28.9 Å². The number of fused-ring (bicyclic) bond motifs is 1. The summed E-state index contributed by atoms with van der Waals surface area (Å²) in [5, 5.41) is 0.550. The third-order valence-corrected chi connectivity index (χ3v) is 8.60. The van der Waals surface area contributed by atoms with Crippen molar-refractivity contribution in [2.24, 2.45) is 0 Å². The molecule has 2 heterocycles. The summed E-state index contributed by atoms with van der Waals surface area (Å²) in [5.41, 5.74) is 2.46. The molecule has 1 saturated heterocycles. The van der Waals surface area contributed by atoms with Crippen LogP contribution in [0.5, 0.6) is 0 Å². The molecule has 0 unspecified atom stereocenters. The summed E-state index contributed by atoms with van der Waals surface area (Å²) in [6, 6.07) is 7.66. The number of nitrogens with zero attached hydrogens (tertiary/aromatic N) is 2. The summed E-state index contributed by atoms with van der Waals surface area (Å²) >= 11 is 5.99. The van der Waals surface area contributed by atoms with Crippen molar-refractivity contribution >= 4 is 38.5 Å². The molecule has 0 amide bonds. The first-order valence-electron chi connectivity index (χ1n) is 10.4. The van der Waals surface area contributed by atoms with Gasteiger partial charge >= 0.3 is 5.97 Å². The van der Waals surface area contributed by atoms with Gasteiger partial charge in [-0.15, -0.1) is 0 Å². The highest BCUT2D eigenvalue weighted by molar-refractivity contribution is 7.89. The standard InChI is InChI=1S/C23H23ClF2N2O4S/c1-14-23(18-11-16(25)3-5-20(18)28(14)13-22(29)32-2)15-7-9-27(10-8-15)33(30,31)21-6-4-17(26)12-19(21)24/h3-6,11-12,15H,7-10,13H2,1-2H3. The van der Waals surface area contributed by atoms with Crippen LogP contribution in [0.3, 0.4) is 0 Å². The van der Waals surface area contributed by atoms with Crippen LogP contribution >= 0.6 is 11.6 Å². The molecule has 0 spiro atoms. The zero-order chi connectivity index (χ0) is 23.9. The first-order valence-corrected chi connectivity index (χ1v) is 12.3. The Morgan fingerprint density at radius 1 is 1.12 bits per heavy atom. The number of aromatic nitrogens is 1. The third-order valence-electron chi connectivity index (χ3n) is 6.22. The molecule has 0 bridgehead atoms.